The molecule has 13 heavy (non-hydrogen) atoms. The molecule has 0 spiro atoms. The lowest BCUT2D eigenvalue weighted by atomic mass is 9.76. The molecule has 0 amide bonds. The van der Waals surface area contributed by atoms with Gasteiger partial charge in [-0.15, -0.1) is 0 Å². The predicted octanol–water partition coefficient (Wildman–Crippen LogP) is 1.87. The van der Waals surface area contributed by atoms with Gasteiger partial charge in [0.1, 0.15) is 0 Å². The quantitative estimate of drug-likeness (QED) is 0.684. The summed E-state index contributed by atoms with van der Waals surface area (Å²) in [4.78, 5) is 0. The standard InChI is InChI=1S/C11H11NO/c12-7-6-11(8-13-9-11)10-4-2-1-3-5-10/h1-5H,6,8-9H2. The first-order chi connectivity index (χ1) is 6.37. The van der Waals surface area contributed by atoms with E-state index in [2.05, 4.69) is 18.2 Å². The van der Waals surface area contributed by atoms with Gasteiger partial charge in [-0.3, -0.25) is 0 Å². The molecule has 1 aliphatic rings. The van der Waals surface area contributed by atoms with Gasteiger partial charge in [0.2, 0.25) is 0 Å². The molecule has 2 nitrogen and oxygen atoms in total. The van der Waals surface area contributed by atoms with Crippen LogP contribution in [0.4, 0.5) is 0 Å². The third kappa shape index (κ3) is 1.32. The third-order valence-corrected chi connectivity index (χ3v) is 2.56. The van der Waals surface area contributed by atoms with Crippen molar-refractivity contribution in [2.45, 2.75) is 11.8 Å². The van der Waals surface area contributed by atoms with Crippen LogP contribution in [0, 0.1) is 11.3 Å². The van der Waals surface area contributed by atoms with Gasteiger partial charge in [-0.2, -0.15) is 5.26 Å². The zero-order chi connectivity index (χ0) is 9.15. The summed E-state index contributed by atoms with van der Waals surface area (Å²) < 4.78 is 5.19. The van der Waals surface area contributed by atoms with E-state index in [4.69, 9.17) is 10.00 Å². The molecule has 1 aromatic carbocycles. The van der Waals surface area contributed by atoms with Crippen LogP contribution >= 0.6 is 0 Å². The molecule has 0 saturated carbocycles. The molecule has 1 aliphatic heterocycles. The molecular formula is C11H11NO. The molecule has 66 valence electrons. The smallest absolute Gasteiger partial charge is 0.0632 e. The molecule has 1 heterocycles. The highest BCUT2D eigenvalue weighted by atomic mass is 16.5. The van der Waals surface area contributed by atoms with Crippen LogP contribution in [0.3, 0.4) is 0 Å². The summed E-state index contributed by atoms with van der Waals surface area (Å²) in [6.45, 7) is 1.37. The van der Waals surface area contributed by atoms with Crippen molar-refractivity contribution in [2.24, 2.45) is 0 Å². The van der Waals surface area contributed by atoms with Gasteiger partial charge < -0.3 is 4.74 Å². The van der Waals surface area contributed by atoms with E-state index in [9.17, 15) is 0 Å². The van der Waals surface area contributed by atoms with Gasteiger partial charge in [-0.05, 0) is 5.56 Å². The molecule has 2 heteroatoms. The Bertz CT molecular complexity index is 322. The summed E-state index contributed by atoms with van der Waals surface area (Å²) in [5.74, 6) is 0. The van der Waals surface area contributed by atoms with E-state index >= 15 is 0 Å². The van der Waals surface area contributed by atoms with Crippen LogP contribution in [-0.4, -0.2) is 13.2 Å². The summed E-state index contributed by atoms with van der Waals surface area (Å²) >= 11 is 0. The number of hydrogen-bond donors (Lipinski definition) is 0. The second-order valence-corrected chi connectivity index (χ2v) is 3.47. The van der Waals surface area contributed by atoms with Gasteiger partial charge in [-0.1, -0.05) is 30.3 Å². The van der Waals surface area contributed by atoms with E-state index in [0.29, 0.717) is 19.6 Å². The lowest BCUT2D eigenvalue weighted by molar-refractivity contribution is -0.0577. The van der Waals surface area contributed by atoms with Crippen LogP contribution in [0.5, 0.6) is 0 Å². The Morgan fingerprint density at radius 3 is 2.46 bits per heavy atom. The first-order valence-electron chi connectivity index (χ1n) is 4.38. The van der Waals surface area contributed by atoms with Gasteiger partial charge in [0.15, 0.2) is 0 Å². The molecule has 0 bridgehead atoms. The molecule has 0 aromatic heterocycles. The highest BCUT2D eigenvalue weighted by molar-refractivity contribution is 5.29. The van der Waals surface area contributed by atoms with Gasteiger partial charge in [0, 0.05) is 6.42 Å². The van der Waals surface area contributed by atoms with E-state index in [1.165, 1.54) is 5.56 Å². The van der Waals surface area contributed by atoms with Gasteiger partial charge >= 0.3 is 0 Å². The summed E-state index contributed by atoms with van der Waals surface area (Å²) in [5.41, 5.74) is 1.21. The maximum absolute atomic E-state index is 8.72. The Balaban J connectivity index is 2.28. The lowest BCUT2D eigenvalue weighted by Gasteiger charge is -2.40. The molecular weight excluding hydrogens is 162 g/mol. The topological polar surface area (TPSA) is 33.0 Å². The van der Waals surface area contributed by atoms with Crippen LogP contribution in [0.25, 0.3) is 0 Å². The Hall–Kier alpha value is -1.33. The van der Waals surface area contributed by atoms with Crippen molar-refractivity contribution in [1.82, 2.24) is 0 Å². The zero-order valence-electron chi connectivity index (χ0n) is 7.36. The highest BCUT2D eigenvalue weighted by Crippen LogP contribution is 2.35. The molecule has 1 fully saturated rings. The fourth-order valence-corrected chi connectivity index (χ4v) is 1.66. The average molecular weight is 173 g/mol. The number of nitrogens with zero attached hydrogens (tertiary/aromatic N) is 1. The predicted molar refractivity (Wildman–Crippen MR) is 49.2 cm³/mol. The highest BCUT2D eigenvalue weighted by Gasteiger charge is 2.39. The molecule has 2 rings (SSSR count). The average Bonchev–Trinajstić information content (AvgIpc) is 2.13. The monoisotopic (exact) mass is 173 g/mol. The SMILES string of the molecule is N#CCC1(c2ccccc2)COC1. The molecule has 0 radical (unpaired) electrons. The van der Waals surface area contributed by atoms with Crippen molar-refractivity contribution >= 4 is 0 Å². The van der Waals surface area contributed by atoms with Gasteiger partial charge in [0.05, 0.1) is 24.7 Å². The zero-order valence-corrected chi connectivity index (χ0v) is 7.36. The summed E-state index contributed by atoms with van der Waals surface area (Å²) in [5, 5.41) is 8.72. The summed E-state index contributed by atoms with van der Waals surface area (Å²) in [7, 11) is 0. The van der Waals surface area contributed by atoms with Crippen molar-refractivity contribution in [2.75, 3.05) is 13.2 Å². The Labute approximate surface area is 77.8 Å². The fourth-order valence-electron chi connectivity index (χ4n) is 1.66. The number of hydrogen-bond acceptors (Lipinski definition) is 2. The molecule has 0 unspecified atom stereocenters. The Kier molecular flexibility index (Phi) is 2.03. The molecule has 0 aliphatic carbocycles. The molecule has 0 N–H and O–H groups in total. The maximum atomic E-state index is 8.72. The minimum absolute atomic E-state index is 0.0178. The van der Waals surface area contributed by atoms with E-state index in [1.54, 1.807) is 0 Å². The van der Waals surface area contributed by atoms with Crippen LogP contribution in [0.15, 0.2) is 30.3 Å². The minimum atomic E-state index is -0.0178. The molecule has 1 saturated heterocycles. The van der Waals surface area contributed by atoms with Crippen LogP contribution in [-0.2, 0) is 10.2 Å². The largest absolute Gasteiger partial charge is 0.379 e. The van der Waals surface area contributed by atoms with Crippen molar-refractivity contribution in [3.8, 4) is 6.07 Å². The van der Waals surface area contributed by atoms with E-state index in [0.717, 1.165) is 0 Å². The summed E-state index contributed by atoms with van der Waals surface area (Å²) in [6, 6.07) is 12.4. The maximum Gasteiger partial charge on any atom is 0.0632 e. The van der Waals surface area contributed by atoms with Crippen molar-refractivity contribution < 1.29 is 4.74 Å². The van der Waals surface area contributed by atoms with Crippen LogP contribution in [0.2, 0.25) is 0 Å². The van der Waals surface area contributed by atoms with E-state index in [1.807, 2.05) is 18.2 Å². The van der Waals surface area contributed by atoms with E-state index in [-0.39, 0.29) is 5.41 Å². The number of benzene rings is 1. The van der Waals surface area contributed by atoms with Crippen LogP contribution < -0.4 is 0 Å². The molecule has 0 atom stereocenters. The first-order valence-corrected chi connectivity index (χ1v) is 4.38. The van der Waals surface area contributed by atoms with Gasteiger partial charge in [-0.25, -0.2) is 0 Å². The number of ether oxygens (including phenoxy) is 1. The van der Waals surface area contributed by atoms with Gasteiger partial charge in [0.25, 0.3) is 0 Å². The minimum Gasteiger partial charge on any atom is -0.379 e. The number of nitriles is 1. The Morgan fingerprint density at radius 2 is 2.00 bits per heavy atom. The Morgan fingerprint density at radius 1 is 1.31 bits per heavy atom. The second kappa shape index (κ2) is 3.20. The summed E-state index contributed by atoms with van der Waals surface area (Å²) in [6.07, 6.45) is 0.553. The van der Waals surface area contributed by atoms with E-state index < -0.39 is 0 Å². The third-order valence-electron chi connectivity index (χ3n) is 2.56. The molecule has 1 aromatic rings. The normalized spacial score (nSPS) is 18.7. The van der Waals surface area contributed by atoms with Crippen LogP contribution in [0.1, 0.15) is 12.0 Å². The fraction of sp³-hybridized carbons (Fsp3) is 0.364. The van der Waals surface area contributed by atoms with Crippen molar-refractivity contribution in [1.29, 1.82) is 5.26 Å². The first kappa shape index (κ1) is 8.28. The number of rotatable bonds is 2. The second-order valence-electron chi connectivity index (χ2n) is 3.47. The van der Waals surface area contributed by atoms with Crippen molar-refractivity contribution in [3.05, 3.63) is 35.9 Å². The van der Waals surface area contributed by atoms with Crippen molar-refractivity contribution in [3.63, 3.8) is 0 Å². The lowest BCUT2D eigenvalue weighted by Crippen LogP contribution is -2.46.